The third kappa shape index (κ3) is 5.35. The third-order valence-corrected chi connectivity index (χ3v) is 4.67. The van der Waals surface area contributed by atoms with Gasteiger partial charge in [0.15, 0.2) is 5.96 Å². The zero-order valence-corrected chi connectivity index (χ0v) is 17.3. The van der Waals surface area contributed by atoms with Crippen molar-refractivity contribution in [1.29, 1.82) is 0 Å². The average molecular weight is 476 g/mol. The number of aliphatic imine (C=N–C) groups is 1. The van der Waals surface area contributed by atoms with Crippen molar-refractivity contribution in [3.05, 3.63) is 52.2 Å². The molecule has 1 aromatic carbocycles. The Hall–Kier alpha value is -1.26. The predicted molar refractivity (Wildman–Crippen MR) is 109 cm³/mol. The molecule has 1 saturated heterocycles. The van der Waals surface area contributed by atoms with E-state index in [0.717, 1.165) is 23.1 Å². The zero-order valence-electron chi connectivity index (χ0n) is 14.2. The lowest BCUT2D eigenvalue weighted by Crippen LogP contribution is -2.50. The van der Waals surface area contributed by atoms with Gasteiger partial charge in [-0.25, -0.2) is 9.37 Å². The Bertz CT molecular complexity index is 680. The number of morpholine rings is 1. The number of guanidine groups is 1. The number of rotatable bonds is 3. The number of benzene rings is 1. The molecule has 2 unspecified atom stereocenters. The maximum absolute atomic E-state index is 13.1. The number of ether oxygens (including phenoxy) is 1. The normalized spacial score (nSPS) is 20.9. The molecule has 2 atom stereocenters. The van der Waals surface area contributed by atoms with Gasteiger partial charge in [0.05, 0.1) is 19.2 Å². The molecule has 5 nitrogen and oxygen atoms in total. The maximum Gasteiger partial charge on any atom is 0.194 e. The molecule has 0 saturated carbocycles. The van der Waals surface area contributed by atoms with Crippen LogP contribution in [0.5, 0.6) is 0 Å². The second-order valence-electron chi connectivity index (χ2n) is 5.72. The SMILES string of the molecule is CN=C(NCc1nccs1)N1CC(C)OC(c2ccc(F)cc2)C1.I. The fourth-order valence-corrected chi connectivity index (χ4v) is 3.37. The van der Waals surface area contributed by atoms with E-state index in [2.05, 4.69) is 20.2 Å². The molecule has 136 valence electrons. The molecule has 1 N–H and O–H groups in total. The number of thiazole rings is 1. The quantitative estimate of drug-likeness (QED) is 0.419. The maximum atomic E-state index is 13.1. The van der Waals surface area contributed by atoms with Gasteiger partial charge in [0.25, 0.3) is 0 Å². The summed E-state index contributed by atoms with van der Waals surface area (Å²) in [5, 5.41) is 6.33. The molecule has 25 heavy (non-hydrogen) atoms. The Balaban J connectivity index is 0.00000225. The Kier molecular flexibility index (Phi) is 7.57. The minimum Gasteiger partial charge on any atom is -0.367 e. The van der Waals surface area contributed by atoms with Gasteiger partial charge in [0, 0.05) is 25.2 Å². The van der Waals surface area contributed by atoms with Gasteiger partial charge in [0.1, 0.15) is 16.9 Å². The molecule has 0 bridgehead atoms. The van der Waals surface area contributed by atoms with Crippen LogP contribution in [0.1, 0.15) is 23.6 Å². The highest BCUT2D eigenvalue weighted by Crippen LogP contribution is 2.25. The van der Waals surface area contributed by atoms with Gasteiger partial charge in [-0.3, -0.25) is 4.99 Å². The number of hydrogen-bond acceptors (Lipinski definition) is 4. The van der Waals surface area contributed by atoms with Crippen LogP contribution in [0.3, 0.4) is 0 Å². The molecule has 1 aliphatic heterocycles. The van der Waals surface area contributed by atoms with E-state index in [1.165, 1.54) is 12.1 Å². The molecular formula is C17H22FIN4OS. The van der Waals surface area contributed by atoms with Crippen molar-refractivity contribution in [2.45, 2.75) is 25.7 Å². The predicted octanol–water partition coefficient (Wildman–Crippen LogP) is 3.44. The summed E-state index contributed by atoms with van der Waals surface area (Å²) < 4.78 is 19.2. The van der Waals surface area contributed by atoms with Crippen LogP contribution in [0.4, 0.5) is 4.39 Å². The number of aromatic nitrogens is 1. The van der Waals surface area contributed by atoms with Gasteiger partial charge in [-0.05, 0) is 24.6 Å². The van der Waals surface area contributed by atoms with Crippen LogP contribution in [0.2, 0.25) is 0 Å². The smallest absolute Gasteiger partial charge is 0.194 e. The van der Waals surface area contributed by atoms with Crippen molar-refractivity contribution < 1.29 is 9.13 Å². The van der Waals surface area contributed by atoms with Crippen molar-refractivity contribution in [3.63, 3.8) is 0 Å². The van der Waals surface area contributed by atoms with E-state index < -0.39 is 0 Å². The Morgan fingerprint density at radius 3 is 2.80 bits per heavy atom. The van der Waals surface area contributed by atoms with Crippen molar-refractivity contribution in [1.82, 2.24) is 15.2 Å². The molecule has 0 radical (unpaired) electrons. The van der Waals surface area contributed by atoms with Gasteiger partial charge >= 0.3 is 0 Å². The number of halogens is 2. The summed E-state index contributed by atoms with van der Waals surface area (Å²) in [6.07, 6.45) is 1.76. The first-order chi connectivity index (χ1) is 11.7. The van der Waals surface area contributed by atoms with E-state index >= 15 is 0 Å². The minimum atomic E-state index is -0.236. The first-order valence-electron chi connectivity index (χ1n) is 7.90. The van der Waals surface area contributed by atoms with Crippen LogP contribution >= 0.6 is 35.3 Å². The summed E-state index contributed by atoms with van der Waals surface area (Å²) in [5.41, 5.74) is 0.975. The van der Waals surface area contributed by atoms with E-state index in [-0.39, 0.29) is 42.0 Å². The van der Waals surface area contributed by atoms with Crippen LogP contribution in [0.15, 0.2) is 40.8 Å². The van der Waals surface area contributed by atoms with Crippen LogP contribution < -0.4 is 5.32 Å². The number of nitrogens with one attached hydrogen (secondary N) is 1. The largest absolute Gasteiger partial charge is 0.367 e. The molecule has 8 heteroatoms. The monoisotopic (exact) mass is 476 g/mol. The van der Waals surface area contributed by atoms with Crippen molar-refractivity contribution in [2.24, 2.45) is 4.99 Å². The first kappa shape index (κ1) is 20.1. The molecule has 2 aromatic rings. The summed E-state index contributed by atoms with van der Waals surface area (Å²) in [7, 11) is 1.78. The van der Waals surface area contributed by atoms with Gasteiger partial charge in [0.2, 0.25) is 0 Å². The van der Waals surface area contributed by atoms with E-state index in [1.54, 1.807) is 36.7 Å². The standard InChI is InChI=1S/C17H21FN4OS.HI/c1-12-10-22(17(19-2)21-9-16-20-7-8-24-16)11-15(23-12)13-3-5-14(18)6-4-13;/h3-8,12,15H,9-11H2,1-2H3,(H,19,21);1H. The molecule has 2 heterocycles. The third-order valence-electron chi connectivity index (χ3n) is 3.89. The molecule has 1 fully saturated rings. The fourth-order valence-electron chi connectivity index (χ4n) is 2.81. The lowest BCUT2D eigenvalue weighted by Gasteiger charge is -2.38. The first-order valence-corrected chi connectivity index (χ1v) is 8.78. The summed E-state index contributed by atoms with van der Waals surface area (Å²) in [6.45, 7) is 4.12. The number of hydrogen-bond donors (Lipinski definition) is 1. The summed E-state index contributed by atoms with van der Waals surface area (Å²) in [5.74, 6) is 0.591. The van der Waals surface area contributed by atoms with Crippen LogP contribution in [0, 0.1) is 5.82 Å². The van der Waals surface area contributed by atoms with E-state index in [0.29, 0.717) is 13.1 Å². The lowest BCUT2D eigenvalue weighted by molar-refractivity contribution is -0.0605. The highest BCUT2D eigenvalue weighted by atomic mass is 127. The Labute approximate surface area is 168 Å². The van der Waals surface area contributed by atoms with Gasteiger partial charge < -0.3 is 15.0 Å². The molecular weight excluding hydrogens is 454 g/mol. The molecule has 0 aliphatic carbocycles. The minimum absolute atomic E-state index is 0. The molecule has 1 aliphatic rings. The van der Waals surface area contributed by atoms with Crippen molar-refractivity contribution in [3.8, 4) is 0 Å². The lowest BCUT2D eigenvalue weighted by atomic mass is 10.1. The fraction of sp³-hybridized carbons (Fsp3) is 0.412. The van der Waals surface area contributed by atoms with E-state index in [9.17, 15) is 4.39 Å². The van der Waals surface area contributed by atoms with Crippen LogP contribution in [-0.4, -0.2) is 42.1 Å². The topological polar surface area (TPSA) is 49.8 Å². The highest BCUT2D eigenvalue weighted by Gasteiger charge is 2.28. The van der Waals surface area contributed by atoms with Crippen molar-refractivity contribution >= 4 is 41.3 Å². The van der Waals surface area contributed by atoms with Gasteiger partial charge in [-0.15, -0.1) is 35.3 Å². The molecule has 0 amide bonds. The molecule has 3 rings (SSSR count). The molecule has 1 aromatic heterocycles. The van der Waals surface area contributed by atoms with Crippen LogP contribution in [-0.2, 0) is 11.3 Å². The Morgan fingerprint density at radius 1 is 1.40 bits per heavy atom. The van der Waals surface area contributed by atoms with Gasteiger partial charge in [-0.1, -0.05) is 12.1 Å². The van der Waals surface area contributed by atoms with Gasteiger partial charge in [-0.2, -0.15) is 0 Å². The highest BCUT2D eigenvalue weighted by molar-refractivity contribution is 14.0. The zero-order chi connectivity index (χ0) is 16.9. The summed E-state index contributed by atoms with van der Waals surface area (Å²) in [4.78, 5) is 10.8. The van der Waals surface area contributed by atoms with E-state index in [1.807, 2.05) is 12.3 Å². The second-order valence-corrected chi connectivity index (χ2v) is 6.70. The average Bonchev–Trinajstić information content (AvgIpc) is 3.09. The van der Waals surface area contributed by atoms with Crippen molar-refractivity contribution in [2.75, 3.05) is 20.1 Å². The summed E-state index contributed by atoms with van der Waals surface area (Å²) in [6, 6.07) is 6.50. The number of nitrogens with zero attached hydrogens (tertiary/aromatic N) is 3. The second kappa shape index (κ2) is 9.44. The van der Waals surface area contributed by atoms with Crippen LogP contribution in [0.25, 0.3) is 0 Å². The Morgan fingerprint density at radius 2 is 2.16 bits per heavy atom. The summed E-state index contributed by atoms with van der Waals surface area (Å²) >= 11 is 1.61. The van der Waals surface area contributed by atoms with E-state index in [4.69, 9.17) is 4.74 Å². The molecule has 0 spiro atoms.